The van der Waals surface area contributed by atoms with E-state index >= 15 is 0 Å². The molecule has 5 rings (SSSR count). The molecule has 0 spiro atoms. The van der Waals surface area contributed by atoms with Crippen molar-refractivity contribution in [2.75, 3.05) is 7.11 Å². The molecule has 2 heterocycles. The number of para-hydroxylation sites is 2. The Morgan fingerprint density at radius 1 is 1.06 bits per heavy atom. The van der Waals surface area contributed by atoms with Crippen molar-refractivity contribution in [3.8, 4) is 5.75 Å². The van der Waals surface area contributed by atoms with Gasteiger partial charge in [-0.25, -0.2) is 4.98 Å². The predicted molar refractivity (Wildman–Crippen MR) is 126 cm³/mol. The fourth-order valence-corrected chi connectivity index (χ4v) is 4.02. The molecule has 3 aromatic carbocycles. The van der Waals surface area contributed by atoms with Gasteiger partial charge in [0.2, 0.25) is 5.91 Å². The van der Waals surface area contributed by atoms with Crippen LogP contribution in [0.3, 0.4) is 0 Å². The standard InChI is InChI=1S/C26H24N4O2/c1-32-20-11-12-23-19(17-20)13-15-30(23)16-14-24(31)29-25(18-7-3-2-4-8-18)26-27-21-9-5-6-10-22(21)28-26/h2-13,15,17,25H,14,16H2,1H3,(H,27,28)(H,29,31)/t25-/m0/s1. The summed E-state index contributed by atoms with van der Waals surface area (Å²) in [5.74, 6) is 1.52. The number of imidazole rings is 1. The van der Waals surface area contributed by atoms with Crippen molar-refractivity contribution in [3.63, 3.8) is 0 Å². The van der Waals surface area contributed by atoms with E-state index in [1.165, 1.54) is 0 Å². The molecule has 0 fully saturated rings. The monoisotopic (exact) mass is 424 g/mol. The maximum absolute atomic E-state index is 13.0. The fraction of sp³-hybridized carbons (Fsp3) is 0.154. The van der Waals surface area contributed by atoms with Crippen molar-refractivity contribution in [2.45, 2.75) is 19.0 Å². The molecule has 6 heteroatoms. The van der Waals surface area contributed by atoms with Gasteiger partial charge in [-0.3, -0.25) is 4.79 Å². The summed E-state index contributed by atoms with van der Waals surface area (Å²) in [4.78, 5) is 21.0. The number of aryl methyl sites for hydroxylation is 1. The van der Waals surface area contributed by atoms with Crippen LogP contribution in [0.2, 0.25) is 0 Å². The molecule has 0 radical (unpaired) electrons. The minimum absolute atomic E-state index is 0.0327. The van der Waals surface area contributed by atoms with Crippen LogP contribution in [0.4, 0.5) is 0 Å². The minimum atomic E-state index is -0.346. The molecule has 0 bridgehead atoms. The van der Waals surface area contributed by atoms with Crippen LogP contribution >= 0.6 is 0 Å². The summed E-state index contributed by atoms with van der Waals surface area (Å²) in [7, 11) is 1.66. The first-order valence-electron chi connectivity index (χ1n) is 10.6. The molecule has 0 unspecified atom stereocenters. The zero-order chi connectivity index (χ0) is 21.9. The number of aromatic amines is 1. The molecule has 32 heavy (non-hydrogen) atoms. The lowest BCUT2D eigenvalue weighted by molar-refractivity contribution is -0.121. The number of carbonyl (C=O) groups is 1. The Morgan fingerprint density at radius 3 is 2.69 bits per heavy atom. The lowest BCUT2D eigenvalue weighted by Gasteiger charge is -2.17. The van der Waals surface area contributed by atoms with E-state index < -0.39 is 0 Å². The molecule has 0 saturated carbocycles. The quantitative estimate of drug-likeness (QED) is 0.393. The first-order valence-corrected chi connectivity index (χ1v) is 10.6. The van der Waals surface area contributed by atoms with Crippen LogP contribution in [0.1, 0.15) is 23.9 Å². The minimum Gasteiger partial charge on any atom is -0.497 e. The van der Waals surface area contributed by atoms with Gasteiger partial charge in [-0.05, 0) is 42.0 Å². The second-order valence-electron chi connectivity index (χ2n) is 7.73. The number of fused-ring (bicyclic) bond motifs is 2. The summed E-state index contributed by atoms with van der Waals surface area (Å²) >= 11 is 0. The normalized spacial score (nSPS) is 12.2. The Kier molecular flexibility index (Phi) is 5.34. The van der Waals surface area contributed by atoms with E-state index in [9.17, 15) is 4.79 Å². The Labute approximate surface area is 185 Å². The fourth-order valence-electron chi connectivity index (χ4n) is 4.02. The van der Waals surface area contributed by atoms with Crippen molar-refractivity contribution in [3.05, 3.63) is 96.4 Å². The van der Waals surface area contributed by atoms with E-state index in [4.69, 9.17) is 9.72 Å². The number of carbonyl (C=O) groups excluding carboxylic acids is 1. The van der Waals surface area contributed by atoms with E-state index in [2.05, 4.69) is 14.9 Å². The number of H-pyrrole nitrogens is 1. The second-order valence-corrected chi connectivity index (χ2v) is 7.73. The predicted octanol–water partition coefficient (Wildman–Crippen LogP) is 4.82. The van der Waals surface area contributed by atoms with Crippen LogP contribution in [-0.2, 0) is 11.3 Å². The zero-order valence-electron chi connectivity index (χ0n) is 17.8. The summed E-state index contributed by atoms with van der Waals surface area (Å²) in [5, 5.41) is 4.27. The molecule has 1 atom stereocenters. The van der Waals surface area contributed by atoms with Crippen molar-refractivity contribution in [2.24, 2.45) is 0 Å². The summed E-state index contributed by atoms with van der Waals surface area (Å²) in [6, 6.07) is 25.4. The van der Waals surface area contributed by atoms with Gasteiger partial charge in [-0.1, -0.05) is 42.5 Å². The summed E-state index contributed by atoms with van der Waals surface area (Å²) in [5.41, 5.74) is 3.90. The van der Waals surface area contributed by atoms with Crippen molar-refractivity contribution in [1.82, 2.24) is 19.9 Å². The van der Waals surface area contributed by atoms with Crippen molar-refractivity contribution < 1.29 is 9.53 Å². The van der Waals surface area contributed by atoms with Gasteiger partial charge in [-0.15, -0.1) is 0 Å². The average molecular weight is 425 g/mol. The lowest BCUT2D eigenvalue weighted by Crippen LogP contribution is -2.30. The van der Waals surface area contributed by atoms with Crippen LogP contribution in [0, 0.1) is 0 Å². The Morgan fingerprint density at radius 2 is 1.88 bits per heavy atom. The second kappa shape index (κ2) is 8.59. The molecule has 5 aromatic rings. The van der Waals surface area contributed by atoms with Crippen LogP contribution in [0.15, 0.2) is 85.1 Å². The lowest BCUT2D eigenvalue weighted by atomic mass is 10.1. The highest BCUT2D eigenvalue weighted by Crippen LogP contribution is 2.24. The highest BCUT2D eigenvalue weighted by atomic mass is 16.5. The number of rotatable bonds is 7. The number of methoxy groups -OCH3 is 1. The van der Waals surface area contributed by atoms with Gasteiger partial charge >= 0.3 is 0 Å². The first-order chi connectivity index (χ1) is 15.7. The van der Waals surface area contributed by atoms with Gasteiger partial charge in [0.15, 0.2) is 0 Å². The Balaban J connectivity index is 1.35. The number of amides is 1. The number of nitrogens with zero attached hydrogens (tertiary/aromatic N) is 2. The van der Waals surface area contributed by atoms with Gasteiger partial charge in [0.1, 0.15) is 17.6 Å². The number of benzene rings is 3. The van der Waals surface area contributed by atoms with Crippen LogP contribution in [0.5, 0.6) is 5.75 Å². The molecule has 2 aromatic heterocycles. The van der Waals surface area contributed by atoms with E-state index in [0.29, 0.717) is 13.0 Å². The SMILES string of the molecule is COc1ccc2c(ccn2CCC(=O)N[C@@H](c2ccccc2)c2nc3ccccc3[nH]2)c1. The summed E-state index contributed by atoms with van der Waals surface area (Å²) in [6.07, 6.45) is 2.37. The largest absolute Gasteiger partial charge is 0.497 e. The van der Waals surface area contributed by atoms with Gasteiger partial charge in [0, 0.05) is 30.1 Å². The van der Waals surface area contributed by atoms with Gasteiger partial charge < -0.3 is 19.6 Å². The van der Waals surface area contributed by atoms with E-state index in [-0.39, 0.29) is 11.9 Å². The number of ether oxygens (including phenoxy) is 1. The molecule has 0 aliphatic carbocycles. The molecule has 0 aliphatic rings. The van der Waals surface area contributed by atoms with E-state index in [0.717, 1.165) is 39.1 Å². The first kappa shape index (κ1) is 19.9. The third-order valence-corrected chi connectivity index (χ3v) is 5.68. The van der Waals surface area contributed by atoms with Gasteiger partial charge in [0.25, 0.3) is 0 Å². The molecule has 2 N–H and O–H groups in total. The Hall–Kier alpha value is -4.06. The van der Waals surface area contributed by atoms with Crippen molar-refractivity contribution >= 4 is 27.8 Å². The van der Waals surface area contributed by atoms with E-state index in [1.54, 1.807) is 7.11 Å². The maximum atomic E-state index is 13.0. The topological polar surface area (TPSA) is 71.9 Å². The van der Waals surface area contributed by atoms with Crippen LogP contribution < -0.4 is 10.1 Å². The number of hydrogen-bond acceptors (Lipinski definition) is 3. The molecular formula is C26H24N4O2. The van der Waals surface area contributed by atoms with Crippen LogP contribution in [-0.4, -0.2) is 27.6 Å². The molecule has 6 nitrogen and oxygen atoms in total. The van der Waals surface area contributed by atoms with E-state index in [1.807, 2.05) is 85.1 Å². The van der Waals surface area contributed by atoms with Crippen LogP contribution in [0.25, 0.3) is 21.9 Å². The summed E-state index contributed by atoms with van der Waals surface area (Å²) < 4.78 is 7.39. The average Bonchev–Trinajstić information content (AvgIpc) is 3.45. The smallest absolute Gasteiger partial charge is 0.222 e. The Bertz CT molecular complexity index is 1340. The molecule has 1 amide bonds. The highest BCUT2D eigenvalue weighted by molar-refractivity contribution is 5.82. The molecule has 0 aliphatic heterocycles. The molecule has 160 valence electrons. The van der Waals surface area contributed by atoms with Crippen molar-refractivity contribution in [1.29, 1.82) is 0 Å². The number of nitrogens with one attached hydrogen (secondary N) is 2. The maximum Gasteiger partial charge on any atom is 0.222 e. The number of aromatic nitrogens is 3. The van der Waals surface area contributed by atoms with Gasteiger partial charge in [0.05, 0.1) is 18.1 Å². The number of hydrogen-bond donors (Lipinski definition) is 2. The highest BCUT2D eigenvalue weighted by Gasteiger charge is 2.20. The summed E-state index contributed by atoms with van der Waals surface area (Å²) in [6.45, 7) is 0.587. The van der Waals surface area contributed by atoms with Gasteiger partial charge in [-0.2, -0.15) is 0 Å². The third-order valence-electron chi connectivity index (χ3n) is 5.68. The third kappa shape index (κ3) is 3.95. The molecule has 0 saturated heterocycles. The zero-order valence-corrected chi connectivity index (χ0v) is 17.8. The molecular weight excluding hydrogens is 400 g/mol.